The van der Waals surface area contributed by atoms with Crippen LogP contribution in [0.5, 0.6) is 0 Å². The second-order valence-corrected chi connectivity index (χ2v) is 9.29. The zero-order chi connectivity index (χ0) is 25.3. The van der Waals surface area contributed by atoms with Gasteiger partial charge in [0.15, 0.2) is 0 Å². The standard InChI is InChI=1S/C19H23Cl2N3O4.H3O4P/c1-11(2)3-16(18(25)26)23-17(19(27)28)7-15-8-22-10-24(15)9-12-4-13(20)6-14(21)5-12;1-5(2,3)4/h4-6,8,10-11,16-17,23H,3,7,9H2,1-2H3,(H,25,26)(H,27,28);(H3,1,2,3,4)/p-3/t16-,17-;/m0./s1. The van der Waals surface area contributed by atoms with Crippen LogP contribution in [0.15, 0.2) is 30.7 Å². The SMILES string of the molecule is CC(C)C[C@H](N[C@@H](Cc1cncn1Cc1cc(Cl)cc(Cl)c1)C(=O)O)C(=O)O.O=P([O-])([O-])[O-]. The van der Waals surface area contributed by atoms with Crippen LogP contribution >= 0.6 is 31.0 Å². The molecule has 3 N–H and O–H groups in total. The average molecular weight is 523 g/mol. The van der Waals surface area contributed by atoms with Gasteiger partial charge in [-0.15, -0.1) is 0 Å². The van der Waals surface area contributed by atoms with E-state index in [4.69, 9.17) is 42.4 Å². The number of carboxylic acids is 2. The minimum atomic E-state index is -5.39. The molecule has 2 atom stereocenters. The summed E-state index contributed by atoms with van der Waals surface area (Å²) in [5.74, 6) is -2.07. The monoisotopic (exact) mass is 522 g/mol. The smallest absolute Gasteiger partial charge is 0.321 e. The maximum atomic E-state index is 11.7. The number of hydrogen-bond acceptors (Lipinski definition) is 8. The van der Waals surface area contributed by atoms with E-state index in [1.165, 1.54) is 0 Å². The third kappa shape index (κ3) is 12.2. The topological polar surface area (TPSA) is 191 Å². The van der Waals surface area contributed by atoms with Crippen LogP contribution in [0.4, 0.5) is 0 Å². The quantitative estimate of drug-likeness (QED) is 0.370. The lowest BCUT2D eigenvalue weighted by Gasteiger charge is -2.36. The minimum Gasteiger partial charge on any atom is -0.822 e. The Balaban J connectivity index is 0.000000981. The molecule has 0 amide bonds. The molecule has 0 radical (unpaired) electrons. The van der Waals surface area contributed by atoms with Gasteiger partial charge in [0.05, 0.1) is 6.33 Å². The highest BCUT2D eigenvalue weighted by Gasteiger charge is 2.27. The second-order valence-electron chi connectivity index (χ2n) is 7.52. The maximum Gasteiger partial charge on any atom is 0.321 e. The van der Waals surface area contributed by atoms with Crippen molar-refractivity contribution in [3.8, 4) is 0 Å². The molecule has 0 fully saturated rings. The van der Waals surface area contributed by atoms with Gasteiger partial charge in [0.1, 0.15) is 12.1 Å². The molecular weight excluding hydrogens is 500 g/mol. The number of aromatic nitrogens is 2. The van der Waals surface area contributed by atoms with E-state index in [-0.39, 0.29) is 12.3 Å². The summed E-state index contributed by atoms with van der Waals surface area (Å²) in [6.07, 6.45) is 3.58. The molecule has 1 heterocycles. The molecule has 0 saturated carbocycles. The first-order valence-corrected chi connectivity index (χ1v) is 11.8. The van der Waals surface area contributed by atoms with Gasteiger partial charge < -0.3 is 34.0 Å². The third-order valence-corrected chi connectivity index (χ3v) is 4.63. The van der Waals surface area contributed by atoms with Crippen molar-refractivity contribution in [2.24, 2.45) is 5.92 Å². The molecule has 0 saturated heterocycles. The zero-order valence-corrected chi connectivity index (χ0v) is 20.1. The zero-order valence-electron chi connectivity index (χ0n) is 17.7. The molecular formula is C19H23Cl2N3O8P-3. The molecule has 33 heavy (non-hydrogen) atoms. The van der Waals surface area contributed by atoms with E-state index >= 15 is 0 Å². The molecule has 1 aromatic carbocycles. The number of nitrogens with one attached hydrogen (secondary N) is 1. The van der Waals surface area contributed by atoms with E-state index in [0.29, 0.717) is 28.7 Å². The van der Waals surface area contributed by atoms with Crippen molar-refractivity contribution in [3.63, 3.8) is 0 Å². The number of benzene rings is 1. The van der Waals surface area contributed by atoms with Crippen LogP contribution in [0.2, 0.25) is 10.0 Å². The Bertz CT molecular complexity index is 967. The predicted octanol–water partition coefficient (Wildman–Crippen LogP) is 0.498. The van der Waals surface area contributed by atoms with Gasteiger partial charge >= 0.3 is 11.9 Å². The highest BCUT2D eigenvalue weighted by atomic mass is 35.5. The molecule has 0 spiro atoms. The van der Waals surface area contributed by atoms with Crippen molar-refractivity contribution < 1.29 is 39.0 Å². The molecule has 2 aromatic rings. The van der Waals surface area contributed by atoms with Gasteiger partial charge in [0.2, 0.25) is 0 Å². The van der Waals surface area contributed by atoms with E-state index in [2.05, 4.69) is 10.3 Å². The first-order chi connectivity index (χ1) is 15.2. The summed E-state index contributed by atoms with van der Waals surface area (Å²) in [6.45, 7) is 4.19. The van der Waals surface area contributed by atoms with Crippen molar-refractivity contribution in [3.05, 3.63) is 52.0 Å². The van der Waals surface area contributed by atoms with Crippen LogP contribution < -0.4 is 20.0 Å². The number of imidazole rings is 1. The summed E-state index contributed by atoms with van der Waals surface area (Å²) in [5.41, 5.74) is 1.50. The second kappa shape index (κ2) is 13.0. The lowest BCUT2D eigenvalue weighted by molar-refractivity contribution is -0.432. The lowest BCUT2D eigenvalue weighted by atomic mass is 10.0. The Morgan fingerprint density at radius 2 is 1.61 bits per heavy atom. The number of nitrogens with zero attached hydrogens (tertiary/aromatic N) is 2. The fraction of sp³-hybridized carbons (Fsp3) is 0.421. The first-order valence-electron chi connectivity index (χ1n) is 9.54. The van der Waals surface area contributed by atoms with Crippen LogP contribution in [-0.4, -0.2) is 43.8 Å². The highest BCUT2D eigenvalue weighted by Crippen LogP contribution is 2.20. The van der Waals surface area contributed by atoms with Crippen LogP contribution in [0.25, 0.3) is 0 Å². The van der Waals surface area contributed by atoms with Crippen molar-refractivity contribution in [2.45, 2.75) is 45.3 Å². The Morgan fingerprint density at radius 1 is 1.09 bits per heavy atom. The average Bonchev–Trinajstić information content (AvgIpc) is 3.04. The fourth-order valence-electron chi connectivity index (χ4n) is 2.94. The number of phosphoric acid groups is 1. The molecule has 0 aliphatic carbocycles. The van der Waals surface area contributed by atoms with Crippen molar-refractivity contribution in [1.29, 1.82) is 0 Å². The summed E-state index contributed by atoms with van der Waals surface area (Å²) in [7, 11) is -5.39. The number of carboxylic acid groups (broad SMARTS) is 2. The van der Waals surface area contributed by atoms with Crippen molar-refractivity contribution in [2.75, 3.05) is 0 Å². The fourth-order valence-corrected chi connectivity index (χ4v) is 3.51. The molecule has 0 bridgehead atoms. The predicted molar refractivity (Wildman–Crippen MR) is 115 cm³/mol. The molecule has 184 valence electrons. The van der Waals surface area contributed by atoms with E-state index in [9.17, 15) is 19.8 Å². The normalized spacial score (nSPS) is 13.2. The molecule has 1 aromatic heterocycles. The molecule has 0 unspecified atom stereocenters. The van der Waals surface area contributed by atoms with E-state index in [0.717, 1.165) is 5.56 Å². The number of carbonyl (C=O) groups is 2. The number of hydrogen-bond donors (Lipinski definition) is 3. The van der Waals surface area contributed by atoms with Gasteiger partial charge in [-0.3, -0.25) is 14.9 Å². The summed E-state index contributed by atoms with van der Waals surface area (Å²) >= 11 is 12.1. The minimum absolute atomic E-state index is 0.0888. The van der Waals surface area contributed by atoms with Crippen LogP contribution in [0.3, 0.4) is 0 Å². The Morgan fingerprint density at radius 3 is 2.06 bits per heavy atom. The van der Waals surface area contributed by atoms with Gasteiger partial charge in [-0.2, -0.15) is 7.82 Å². The summed E-state index contributed by atoms with van der Waals surface area (Å²) in [4.78, 5) is 52.9. The Hall–Kier alpha value is -1.98. The van der Waals surface area contributed by atoms with Crippen LogP contribution in [-0.2, 0) is 27.1 Å². The first kappa shape index (κ1) is 29.1. The van der Waals surface area contributed by atoms with Gasteiger partial charge in [-0.25, -0.2) is 4.98 Å². The number of halogens is 2. The van der Waals surface area contributed by atoms with Gasteiger partial charge in [0, 0.05) is 34.9 Å². The van der Waals surface area contributed by atoms with E-state index < -0.39 is 31.8 Å². The van der Waals surface area contributed by atoms with E-state index in [1.54, 1.807) is 35.3 Å². The molecule has 2 rings (SSSR count). The molecule has 0 aliphatic heterocycles. The van der Waals surface area contributed by atoms with Crippen molar-refractivity contribution in [1.82, 2.24) is 14.9 Å². The Labute approximate surface area is 200 Å². The maximum absolute atomic E-state index is 11.7. The van der Waals surface area contributed by atoms with Crippen LogP contribution in [0, 0.1) is 5.92 Å². The van der Waals surface area contributed by atoms with Crippen LogP contribution in [0.1, 0.15) is 31.5 Å². The van der Waals surface area contributed by atoms with Crippen molar-refractivity contribution >= 4 is 43.0 Å². The summed E-state index contributed by atoms with van der Waals surface area (Å²) in [5, 5.41) is 22.7. The largest absolute Gasteiger partial charge is 0.822 e. The molecule has 14 heteroatoms. The molecule has 11 nitrogen and oxygen atoms in total. The summed E-state index contributed by atoms with van der Waals surface area (Å²) < 4.78 is 10.3. The van der Waals surface area contributed by atoms with Gasteiger partial charge in [0.25, 0.3) is 0 Å². The molecule has 0 aliphatic rings. The third-order valence-electron chi connectivity index (χ3n) is 4.19. The van der Waals surface area contributed by atoms with Gasteiger partial charge in [-0.05, 0) is 36.1 Å². The number of rotatable bonds is 10. The summed E-state index contributed by atoms with van der Waals surface area (Å²) in [6, 6.07) is 3.18. The number of aliphatic carboxylic acids is 2. The Kier molecular flexibility index (Phi) is 11.5. The van der Waals surface area contributed by atoms with Gasteiger partial charge in [-0.1, -0.05) is 37.0 Å². The highest BCUT2D eigenvalue weighted by molar-refractivity contribution is 7.40. The lowest BCUT2D eigenvalue weighted by Crippen LogP contribution is -2.49. The van der Waals surface area contributed by atoms with E-state index in [1.807, 2.05) is 13.8 Å².